The molecule has 1 saturated carbocycles. The van der Waals surface area contributed by atoms with E-state index in [0.29, 0.717) is 34.8 Å². The molecule has 0 unspecified atom stereocenters. The summed E-state index contributed by atoms with van der Waals surface area (Å²) in [7, 11) is 0. The molecule has 2 aromatic heterocycles. The summed E-state index contributed by atoms with van der Waals surface area (Å²) in [6.45, 7) is 0.342. The molecule has 1 aliphatic rings. The molecule has 7 nitrogen and oxygen atoms in total. The van der Waals surface area contributed by atoms with E-state index in [9.17, 15) is 9.59 Å². The lowest BCUT2D eigenvalue weighted by molar-refractivity contribution is -0.117. The molecule has 28 heavy (non-hydrogen) atoms. The van der Waals surface area contributed by atoms with Gasteiger partial charge in [-0.3, -0.25) is 9.59 Å². The topological polar surface area (TPSA) is 110 Å². The van der Waals surface area contributed by atoms with Gasteiger partial charge in [0.15, 0.2) is 0 Å². The Balaban J connectivity index is 1.65. The third-order valence-electron chi connectivity index (χ3n) is 4.35. The highest BCUT2D eigenvalue weighted by Gasteiger charge is 2.25. The summed E-state index contributed by atoms with van der Waals surface area (Å²) in [4.78, 5) is 32.9. The van der Waals surface area contributed by atoms with Crippen molar-refractivity contribution in [2.24, 2.45) is 5.73 Å². The predicted molar refractivity (Wildman–Crippen MR) is 111 cm³/mol. The number of hydrogen-bond donors (Lipinski definition) is 3. The van der Waals surface area contributed by atoms with Crippen LogP contribution in [0.5, 0.6) is 0 Å². The second-order valence-corrected chi connectivity index (χ2v) is 8.10. The van der Waals surface area contributed by atoms with E-state index in [-0.39, 0.29) is 12.3 Å². The van der Waals surface area contributed by atoms with Crippen LogP contribution in [0.1, 0.15) is 29.6 Å². The van der Waals surface area contributed by atoms with Crippen LogP contribution in [0.4, 0.5) is 5.95 Å². The predicted octanol–water partition coefficient (Wildman–Crippen LogP) is 3.19. The zero-order valence-corrected chi connectivity index (χ0v) is 16.4. The van der Waals surface area contributed by atoms with Crippen LogP contribution in [-0.2, 0) is 4.79 Å². The normalized spacial score (nSPS) is 13.5. The van der Waals surface area contributed by atoms with Crippen molar-refractivity contribution in [1.82, 2.24) is 15.3 Å². The number of fused-ring (bicyclic) bond motifs is 1. The Morgan fingerprint density at radius 3 is 2.89 bits per heavy atom. The van der Waals surface area contributed by atoms with E-state index >= 15 is 0 Å². The summed E-state index contributed by atoms with van der Waals surface area (Å²) in [6.07, 6.45) is 3.78. The number of carbonyl (C=O) groups is 2. The van der Waals surface area contributed by atoms with Crippen molar-refractivity contribution in [3.8, 4) is 10.6 Å². The van der Waals surface area contributed by atoms with Gasteiger partial charge in [-0.15, -0.1) is 11.3 Å². The van der Waals surface area contributed by atoms with Gasteiger partial charge < -0.3 is 16.4 Å². The fraction of sp³-hybridized carbons (Fsp3) is 0.263. The summed E-state index contributed by atoms with van der Waals surface area (Å²) in [5, 5.41) is 7.28. The lowest BCUT2D eigenvalue weighted by atomic mass is 10.1. The summed E-state index contributed by atoms with van der Waals surface area (Å²) >= 11 is 7.83. The summed E-state index contributed by atoms with van der Waals surface area (Å²) in [6, 6.07) is 7.91. The van der Waals surface area contributed by atoms with Gasteiger partial charge in [0.05, 0.1) is 16.1 Å². The highest BCUT2D eigenvalue weighted by Crippen LogP contribution is 2.37. The van der Waals surface area contributed by atoms with Crippen LogP contribution < -0.4 is 16.4 Å². The maximum absolute atomic E-state index is 12.5. The zero-order valence-electron chi connectivity index (χ0n) is 14.9. The molecule has 1 fully saturated rings. The van der Waals surface area contributed by atoms with E-state index in [2.05, 4.69) is 20.6 Å². The van der Waals surface area contributed by atoms with Crippen LogP contribution >= 0.6 is 22.9 Å². The number of benzene rings is 1. The van der Waals surface area contributed by atoms with Gasteiger partial charge in [0.1, 0.15) is 5.69 Å². The highest BCUT2D eigenvalue weighted by molar-refractivity contribution is 7.22. The van der Waals surface area contributed by atoms with Crippen LogP contribution in [0.25, 0.3) is 20.7 Å². The van der Waals surface area contributed by atoms with Crippen molar-refractivity contribution in [3.05, 3.63) is 41.0 Å². The number of carbonyl (C=O) groups excluding carboxylic acids is 2. The molecule has 2 amide bonds. The van der Waals surface area contributed by atoms with E-state index in [0.717, 1.165) is 27.8 Å². The number of thiophene rings is 1. The number of anilines is 1. The smallest absolute Gasteiger partial charge is 0.252 e. The van der Waals surface area contributed by atoms with Crippen molar-refractivity contribution in [2.75, 3.05) is 11.9 Å². The molecule has 9 heteroatoms. The minimum atomic E-state index is -0.400. The highest BCUT2D eigenvalue weighted by atomic mass is 35.5. The molecule has 1 aliphatic carbocycles. The molecule has 144 valence electrons. The number of hydrogen-bond acceptors (Lipinski definition) is 6. The maximum atomic E-state index is 12.5. The van der Waals surface area contributed by atoms with Gasteiger partial charge in [0.2, 0.25) is 11.9 Å². The third kappa shape index (κ3) is 4.07. The van der Waals surface area contributed by atoms with Gasteiger partial charge in [-0.2, -0.15) is 0 Å². The fourth-order valence-electron chi connectivity index (χ4n) is 2.79. The summed E-state index contributed by atoms with van der Waals surface area (Å²) < 4.78 is 0.983. The lowest BCUT2D eigenvalue weighted by Crippen LogP contribution is -2.25. The quantitative estimate of drug-likeness (QED) is 0.548. The van der Waals surface area contributed by atoms with Gasteiger partial charge in [0.25, 0.3) is 5.91 Å². The maximum Gasteiger partial charge on any atom is 0.252 e. The molecular weight excluding hydrogens is 398 g/mol. The summed E-state index contributed by atoms with van der Waals surface area (Å²) in [5.74, 6) is -0.0898. The van der Waals surface area contributed by atoms with Crippen LogP contribution in [0.2, 0.25) is 5.02 Å². The molecule has 3 aromatic rings. The van der Waals surface area contributed by atoms with E-state index in [1.54, 1.807) is 0 Å². The molecule has 0 aliphatic heterocycles. The van der Waals surface area contributed by atoms with Gasteiger partial charge in [-0.25, -0.2) is 9.97 Å². The second kappa shape index (κ2) is 7.73. The van der Waals surface area contributed by atoms with E-state index < -0.39 is 5.91 Å². The molecule has 0 spiro atoms. The average Bonchev–Trinajstić information content (AvgIpc) is 3.36. The first-order chi connectivity index (χ1) is 13.5. The molecule has 0 atom stereocenters. The number of nitrogens with zero attached hydrogens (tertiary/aromatic N) is 2. The lowest BCUT2D eigenvalue weighted by Gasteiger charge is -2.06. The van der Waals surface area contributed by atoms with Crippen molar-refractivity contribution >= 4 is 50.8 Å². The number of rotatable bonds is 7. The van der Waals surface area contributed by atoms with Crippen LogP contribution in [0.15, 0.2) is 30.5 Å². The number of amides is 2. The Labute approximate surface area is 170 Å². The van der Waals surface area contributed by atoms with Crippen molar-refractivity contribution in [1.29, 1.82) is 0 Å². The Morgan fingerprint density at radius 2 is 2.14 bits per heavy atom. The Kier molecular flexibility index (Phi) is 5.15. The van der Waals surface area contributed by atoms with Gasteiger partial charge in [-0.05, 0) is 31.0 Å². The number of halogens is 1. The molecule has 0 radical (unpaired) electrons. The number of nitrogens with two attached hydrogens (primary N) is 1. The largest absolute Gasteiger partial charge is 0.370 e. The molecule has 4 rings (SSSR count). The molecule has 0 saturated heterocycles. The van der Waals surface area contributed by atoms with Crippen LogP contribution in [0, 0.1) is 0 Å². The first-order valence-electron chi connectivity index (χ1n) is 8.90. The van der Waals surface area contributed by atoms with Crippen molar-refractivity contribution < 1.29 is 9.59 Å². The number of primary amides is 1. The SMILES string of the molecule is NC(=O)CCNc1ncc(Cl)c(-c2cc3c(C(=O)NC4CC4)cccc3s2)n1. The Morgan fingerprint density at radius 1 is 1.32 bits per heavy atom. The monoisotopic (exact) mass is 415 g/mol. The third-order valence-corrected chi connectivity index (χ3v) is 5.73. The molecule has 1 aromatic carbocycles. The van der Waals surface area contributed by atoms with E-state index in [1.165, 1.54) is 17.5 Å². The van der Waals surface area contributed by atoms with Crippen LogP contribution in [-0.4, -0.2) is 34.4 Å². The average molecular weight is 416 g/mol. The van der Waals surface area contributed by atoms with Gasteiger partial charge in [0, 0.05) is 34.7 Å². The first-order valence-corrected chi connectivity index (χ1v) is 10.1. The zero-order chi connectivity index (χ0) is 19.7. The summed E-state index contributed by atoms with van der Waals surface area (Å²) in [5.41, 5.74) is 6.37. The second-order valence-electron chi connectivity index (χ2n) is 6.61. The van der Waals surface area contributed by atoms with Gasteiger partial charge >= 0.3 is 0 Å². The first kappa shape index (κ1) is 18.6. The van der Waals surface area contributed by atoms with Crippen LogP contribution in [0.3, 0.4) is 0 Å². The van der Waals surface area contributed by atoms with Gasteiger partial charge in [-0.1, -0.05) is 17.7 Å². The number of nitrogens with one attached hydrogen (secondary N) is 2. The number of aromatic nitrogens is 2. The molecule has 4 N–H and O–H groups in total. The van der Waals surface area contributed by atoms with E-state index in [4.69, 9.17) is 17.3 Å². The van der Waals surface area contributed by atoms with Crippen molar-refractivity contribution in [2.45, 2.75) is 25.3 Å². The van der Waals surface area contributed by atoms with Crippen molar-refractivity contribution in [3.63, 3.8) is 0 Å². The minimum absolute atomic E-state index is 0.0555. The molecule has 0 bridgehead atoms. The Hall–Kier alpha value is -2.71. The fourth-order valence-corrected chi connectivity index (χ4v) is 4.13. The van der Waals surface area contributed by atoms with E-state index in [1.807, 2.05) is 24.3 Å². The molecule has 2 heterocycles. The standard InChI is InChI=1S/C19H18ClN5O2S/c20-13-9-23-19(22-7-6-16(21)26)25-17(13)15-8-12-11(2-1-3-14(12)28-15)18(27)24-10-4-5-10/h1-3,8-10H,4-7H2,(H2,21,26)(H,24,27)(H,22,23,25). The minimum Gasteiger partial charge on any atom is -0.370 e. The Bertz CT molecular complexity index is 1060. The molecular formula is C19H18ClN5O2S.